The number of benzene rings is 1. The molecule has 28 heavy (non-hydrogen) atoms. The fourth-order valence-corrected chi connectivity index (χ4v) is 3.01. The van der Waals surface area contributed by atoms with Gasteiger partial charge < -0.3 is 11.1 Å². The zero-order valence-corrected chi connectivity index (χ0v) is 15.5. The van der Waals surface area contributed by atoms with Gasteiger partial charge in [0.15, 0.2) is 17.3 Å². The van der Waals surface area contributed by atoms with Crippen molar-refractivity contribution in [1.82, 2.24) is 30.0 Å². The smallest absolute Gasteiger partial charge is 0.274 e. The van der Waals surface area contributed by atoms with Crippen LogP contribution in [0.5, 0.6) is 0 Å². The average molecular weight is 373 g/mol. The number of nitrogens with zero attached hydrogens (tertiary/aromatic N) is 5. The van der Waals surface area contributed by atoms with E-state index in [1.807, 2.05) is 43.5 Å². The summed E-state index contributed by atoms with van der Waals surface area (Å²) in [5.41, 5.74) is 8.42. The largest absolute Gasteiger partial charge is 0.382 e. The molecule has 3 heterocycles. The van der Waals surface area contributed by atoms with Gasteiger partial charge in [0.25, 0.3) is 5.91 Å². The van der Waals surface area contributed by atoms with Crippen LogP contribution in [0.3, 0.4) is 0 Å². The van der Waals surface area contributed by atoms with Crippen LogP contribution in [0, 0.1) is 13.8 Å². The number of fused-ring (bicyclic) bond motifs is 1. The lowest BCUT2D eigenvalue weighted by atomic mass is 10.1. The van der Waals surface area contributed by atoms with E-state index in [1.165, 1.54) is 0 Å². The maximum Gasteiger partial charge on any atom is 0.274 e. The van der Waals surface area contributed by atoms with Gasteiger partial charge >= 0.3 is 0 Å². The minimum Gasteiger partial charge on any atom is -0.382 e. The summed E-state index contributed by atoms with van der Waals surface area (Å²) in [4.78, 5) is 25.7. The van der Waals surface area contributed by atoms with Crippen molar-refractivity contribution in [2.24, 2.45) is 0 Å². The predicted octanol–water partition coefficient (Wildman–Crippen LogP) is 2.34. The van der Waals surface area contributed by atoms with Gasteiger partial charge in [-0.1, -0.05) is 24.3 Å². The Balaban J connectivity index is 1.57. The number of amides is 1. The molecule has 0 atom stereocenters. The molecule has 0 aliphatic carbocycles. The minimum absolute atomic E-state index is 0.0529. The number of nitrogen functional groups attached to an aromatic ring is 1. The Morgan fingerprint density at radius 3 is 2.79 bits per heavy atom. The lowest BCUT2D eigenvalue weighted by Crippen LogP contribution is -2.26. The summed E-state index contributed by atoms with van der Waals surface area (Å²) >= 11 is 0. The molecule has 0 bridgehead atoms. The lowest BCUT2D eigenvalue weighted by Gasteiger charge is -2.11. The summed E-state index contributed by atoms with van der Waals surface area (Å²) in [5.74, 6) is 0.154. The highest BCUT2D eigenvalue weighted by molar-refractivity contribution is 5.96. The van der Waals surface area contributed by atoms with Gasteiger partial charge in [-0.2, -0.15) is 5.10 Å². The fraction of sp³-hybridized carbons (Fsp3) is 0.150. The molecule has 140 valence electrons. The third kappa shape index (κ3) is 3.27. The van der Waals surface area contributed by atoms with Gasteiger partial charge in [0.05, 0.1) is 24.1 Å². The number of carbonyl (C=O) groups is 1. The highest BCUT2D eigenvalue weighted by Crippen LogP contribution is 2.17. The molecule has 8 nitrogen and oxygen atoms in total. The third-order valence-corrected chi connectivity index (χ3v) is 4.39. The van der Waals surface area contributed by atoms with Crippen LogP contribution in [0.1, 0.15) is 27.4 Å². The number of aryl methyl sites for hydroxylation is 2. The summed E-state index contributed by atoms with van der Waals surface area (Å²) in [6, 6.07) is 9.82. The van der Waals surface area contributed by atoms with Crippen LogP contribution in [0.4, 0.5) is 5.82 Å². The molecule has 0 aliphatic heterocycles. The average Bonchev–Trinajstić information content (AvgIpc) is 3.13. The van der Waals surface area contributed by atoms with Gasteiger partial charge in [-0.05, 0) is 30.9 Å². The molecule has 3 N–H and O–H groups in total. The number of pyridine rings is 1. The van der Waals surface area contributed by atoms with Crippen molar-refractivity contribution in [3.05, 3.63) is 71.6 Å². The van der Waals surface area contributed by atoms with E-state index in [0.717, 1.165) is 22.0 Å². The molecule has 4 aromatic rings. The van der Waals surface area contributed by atoms with Crippen LogP contribution in [-0.4, -0.2) is 30.6 Å². The van der Waals surface area contributed by atoms with Crippen LogP contribution in [0.15, 0.2) is 48.9 Å². The Morgan fingerprint density at radius 1 is 1.18 bits per heavy atom. The Morgan fingerprint density at radius 2 is 2.00 bits per heavy atom. The minimum atomic E-state index is -0.397. The van der Waals surface area contributed by atoms with Crippen molar-refractivity contribution in [1.29, 1.82) is 0 Å². The molecular weight excluding hydrogens is 354 g/mol. The molecular formula is C20H19N7O. The number of anilines is 1. The van der Waals surface area contributed by atoms with Crippen LogP contribution in [0.2, 0.25) is 0 Å². The monoisotopic (exact) mass is 373 g/mol. The van der Waals surface area contributed by atoms with Crippen molar-refractivity contribution >= 4 is 22.5 Å². The van der Waals surface area contributed by atoms with Crippen LogP contribution in [0.25, 0.3) is 16.6 Å². The summed E-state index contributed by atoms with van der Waals surface area (Å²) in [6.45, 7) is 3.96. The third-order valence-electron chi connectivity index (χ3n) is 4.39. The highest BCUT2D eigenvalue weighted by atomic mass is 16.1. The molecule has 4 rings (SSSR count). The normalized spacial score (nSPS) is 10.9. The molecule has 0 unspecified atom stereocenters. The summed E-state index contributed by atoms with van der Waals surface area (Å²) < 4.78 is 1.59. The second kappa shape index (κ2) is 7.07. The first-order chi connectivity index (χ1) is 13.5. The van der Waals surface area contributed by atoms with Crippen LogP contribution < -0.4 is 11.1 Å². The van der Waals surface area contributed by atoms with Crippen molar-refractivity contribution < 1.29 is 4.79 Å². The van der Waals surface area contributed by atoms with E-state index in [1.54, 1.807) is 24.0 Å². The molecule has 0 saturated heterocycles. The maximum atomic E-state index is 12.6. The van der Waals surface area contributed by atoms with Gasteiger partial charge in [-0.3, -0.25) is 9.78 Å². The zero-order valence-electron chi connectivity index (χ0n) is 15.5. The molecule has 0 aliphatic rings. The topological polar surface area (TPSA) is 112 Å². The molecule has 0 saturated carbocycles. The quantitative estimate of drug-likeness (QED) is 0.568. The van der Waals surface area contributed by atoms with E-state index < -0.39 is 5.91 Å². The van der Waals surface area contributed by atoms with E-state index in [-0.39, 0.29) is 18.1 Å². The first-order valence-corrected chi connectivity index (χ1v) is 8.79. The summed E-state index contributed by atoms with van der Waals surface area (Å²) in [7, 11) is 0. The fourth-order valence-electron chi connectivity index (χ4n) is 3.01. The number of rotatable bonds is 4. The van der Waals surface area contributed by atoms with Crippen LogP contribution >= 0.6 is 0 Å². The highest BCUT2D eigenvalue weighted by Gasteiger charge is 2.17. The van der Waals surface area contributed by atoms with Gasteiger partial charge in [0.2, 0.25) is 0 Å². The molecule has 0 fully saturated rings. The Hall–Kier alpha value is -3.81. The van der Waals surface area contributed by atoms with Gasteiger partial charge in [-0.25, -0.2) is 14.6 Å². The Labute approximate surface area is 161 Å². The van der Waals surface area contributed by atoms with Gasteiger partial charge in [0.1, 0.15) is 0 Å². The van der Waals surface area contributed by atoms with Gasteiger partial charge in [-0.15, -0.1) is 0 Å². The number of hydrogen-bond acceptors (Lipinski definition) is 6. The first kappa shape index (κ1) is 17.6. The lowest BCUT2D eigenvalue weighted by molar-refractivity contribution is 0.0946. The number of nitrogens with two attached hydrogens (primary N) is 1. The molecule has 3 aromatic heterocycles. The van der Waals surface area contributed by atoms with Crippen molar-refractivity contribution in [2.75, 3.05) is 5.73 Å². The molecule has 0 radical (unpaired) electrons. The number of aromatic nitrogens is 5. The van der Waals surface area contributed by atoms with E-state index in [2.05, 4.69) is 25.4 Å². The second-order valence-corrected chi connectivity index (χ2v) is 6.49. The van der Waals surface area contributed by atoms with Crippen LogP contribution in [-0.2, 0) is 6.54 Å². The van der Waals surface area contributed by atoms with E-state index in [4.69, 9.17) is 5.73 Å². The van der Waals surface area contributed by atoms with E-state index >= 15 is 0 Å². The number of carbonyl (C=O) groups excluding carboxylic acids is 1. The Bertz CT molecular complexity index is 1180. The predicted molar refractivity (Wildman–Crippen MR) is 106 cm³/mol. The maximum absolute atomic E-state index is 12.6. The van der Waals surface area contributed by atoms with E-state index in [0.29, 0.717) is 11.5 Å². The second-order valence-electron chi connectivity index (χ2n) is 6.49. The summed E-state index contributed by atoms with van der Waals surface area (Å²) in [6.07, 6.45) is 5.26. The van der Waals surface area contributed by atoms with Crippen molar-refractivity contribution in [3.63, 3.8) is 0 Å². The van der Waals surface area contributed by atoms with Crippen molar-refractivity contribution in [3.8, 4) is 5.82 Å². The van der Waals surface area contributed by atoms with Gasteiger partial charge in [0, 0.05) is 17.8 Å². The van der Waals surface area contributed by atoms with Crippen molar-refractivity contribution in [2.45, 2.75) is 20.4 Å². The molecule has 8 heteroatoms. The summed E-state index contributed by atoms with van der Waals surface area (Å²) in [5, 5.41) is 9.11. The number of hydrogen-bond donors (Lipinski definition) is 2. The number of nitrogens with one attached hydrogen (secondary N) is 1. The Kier molecular flexibility index (Phi) is 4.44. The SMILES string of the molecule is Cc1cnn(-c2nc(N)c(C(=O)NCc3nccc4ccccc34)nc2C)c1. The zero-order chi connectivity index (χ0) is 19.7. The molecule has 1 amide bonds. The molecule has 0 spiro atoms. The standard InChI is InChI=1S/C20H19N7O/c1-12-9-24-27(11-12)19-13(2)25-17(18(21)26-19)20(28)23-10-16-15-6-4-3-5-14(15)7-8-22-16/h3-9,11H,10H2,1-2H3,(H2,21,26)(H,23,28). The molecule has 1 aromatic carbocycles. The first-order valence-electron chi connectivity index (χ1n) is 8.79. The van der Waals surface area contributed by atoms with E-state index in [9.17, 15) is 4.79 Å².